The molecule has 0 spiro atoms. The Bertz CT molecular complexity index is 1180. The van der Waals surface area contributed by atoms with Crippen molar-refractivity contribution < 1.29 is 14.7 Å². The van der Waals surface area contributed by atoms with E-state index in [1.807, 2.05) is 42.5 Å². The fraction of sp³-hybridized carbons (Fsp3) is 0.286. The maximum Gasteiger partial charge on any atom is 0.335 e. The van der Waals surface area contributed by atoms with E-state index in [9.17, 15) is 9.59 Å². The number of rotatable bonds is 5. The summed E-state index contributed by atoms with van der Waals surface area (Å²) in [5.74, 6) is -0.992. The molecule has 2 aliphatic rings. The van der Waals surface area contributed by atoms with Crippen LogP contribution in [-0.2, 0) is 12.8 Å². The number of carbonyl (C=O) groups excluding carboxylic acids is 1. The van der Waals surface area contributed by atoms with Crippen molar-refractivity contribution in [2.75, 3.05) is 41.3 Å². The molecule has 1 heterocycles. The van der Waals surface area contributed by atoms with Gasteiger partial charge in [-0.05, 0) is 97.5 Å². The summed E-state index contributed by atoms with van der Waals surface area (Å²) in [5, 5.41) is 12.1. The lowest BCUT2D eigenvalue weighted by atomic mass is 9.91. The number of fused-ring (bicyclic) bond motifs is 1. The SMILES string of the molecule is O=C(O)c1ccc(N2CCN(c3ccc(C(=O)Nc4ccc5c(c4)CCCC5)cc3)CC2)cc1. The molecule has 1 aliphatic heterocycles. The number of nitrogens with one attached hydrogen (secondary N) is 1. The highest BCUT2D eigenvalue weighted by Crippen LogP contribution is 2.25. The van der Waals surface area contributed by atoms with Gasteiger partial charge in [-0.15, -0.1) is 0 Å². The van der Waals surface area contributed by atoms with Crippen molar-refractivity contribution in [2.24, 2.45) is 0 Å². The van der Waals surface area contributed by atoms with E-state index < -0.39 is 5.97 Å². The molecule has 5 rings (SSSR count). The molecule has 0 bridgehead atoms. The lowest BCUT2D eigenvalue weighted by molar-refractivity contribution is 0.0696. The Balaban J connectivity index is 1.17. The second-order valence-corrected chi connectivity index (χ2v) is 9.02. The summed E-state index contributed by atoms with van der Waals surface area (Å²) >= 11 is 0. The summed E-state index contributed by atoms with van der Waals surface area (Å²) in [7, 11) is 0. The van der Waals surface area contributed by atoms with Gasteiger partial charge in [0.05, 0.1) is 5.56 Å². The van der Waals surface area contributed by atoms with Crippen molar-refractivity contribution in [3.05, 3.63) is 89.0 Å². The first-order valence-electron chi connectivity index (χ1n) is 11.9. The molecular formula is C28H29N3O3. The van der Waals surface area contributed by atoms with Gasteiger partial charge in [0.15, 0.2) is 0 Å². The fourth-order valence-electron chi connectivity index (χ4n) is 4.88. The largest absolute Gasteiger partial charge is 0.478 e. The van der Waals surface area contributed by atoms with Crippen LogP contribution >= 0.6 is 0 Å². The Morgan fingerprint density at radius 2 is 1.21 bits per heavy atom. The number of nitrogens with zero attached hydrogens (tertiary/aromatic N) is 2. The molecule has 2 N–H and O–H groups in total. The highest BCUT2D eigenvalue weighted by atomic mass is 16.4. The van der Waals surface area contributed by atoms with Crippen molar-refractivity contribution >= 4 is 28.9 Å². The van der Waals surface area contributed by atoms with Gasteiger partial charge in [-0.1, -0.05) is 6.07 Å². The molecular weight excluding hydrogens is 426 g/mol. The first kappa shape index (κ1) is 22.0. The number of benzene rings is 3. The van der Waals surface area contributed by atoms with Crippen molar-refractivity contribution in [3.8, 4) is 0 Å². The zero-order valence-electron chi connectivity index (χ0n) is 19.2. The molecule has 0 unspecified atom stereocenters. The molecule has 6 heteroatoms. The van der Waals surface area contributed by atoms with E-state index in [0.717, 1.165) is 56.1 Å². The lowest BCUT2D eigenvalue weighted by Crippen LogP contribution is -2.46. The van der Waals surface area contributed by atoms with Crippen molar-refractivity contribution in [3.63, 3.8) is 0 Å². The van der Waals surface area contributed by atoms with Gasteiger partial charge in [-0.25, -0.2) is 4.79 Å². The van der Waals surface area contributed by atoms with Crippen LogP contribution in [0.5, 0.6) is 0 Å². The molecule has 6 nitrogen and oxygen atoms in total. The third-order valence-corrected chi connectivity index (χ3v) is 6.86. The average Bonchev–Trinajstić information content (AvgIpc) is 2.89. The first-order chi connectivity index (χ1) is 16.6. The monoisotopic (exact) mass is 455 g/mol. The summed E-state index contributed by atoms with van der Waals surface area (Å²) in [4.78, 5) is 28.4. The normalized spacial score (nSPS) is 15.5. The topological polar surface area (TPSA) is 72.9 Å². The van der Waals surface area contributed by atoms with E-state index in [-0.39, 0.29) is 5.91 Å². The molecule has 0 saturated carbocycles. The maximum absolute atomic E-state index is 12.8. The number of amides is 1. The smallest absolute Gasteiger partial charge is 0.335 e. The third kappa shape index (κ3) is 4.76. The Morgan fingerprint density at radius 3 is 1.76 bits per heavy atom. The Kier molecular flexibility index (Phi) is 6.21. The van der Waals surface area contributed by atoms with Gasteiger partial charge >= 0.3 is 5.97 Å². The summed E-state index contributed by atoms with van der Waals surface area (Å²) in [6, 6.07) is 21.1. The fourth-order valence-corrected chi connectivity index (χ4v) is 4.88. The number of hydrogen-bond acceptors (Lipinski definition) is 4. The van der Waals surface area contributed by atoms with Crippen LogP contribution in [0.25, 0.3) is 0 Å². The van der Waals surface area contributed by atoms with Crippen LogP contribution in [0.2, 0.25) is 0 Å². The minimum Gasteiger partial charge on any atom is -0.478 e. The van der Waals surface area contributed by atoms with Gasteiger partial charge in [0.1, 0.15) is 0 Å². The van der Waals surface area contributed by atoms with Crippen molar-refractivity contribution in [2.45, 2.75) is 25.7 Å². The van der Waals surface area contributed by atoms with Gasteiger partial charge in [0.2, 0.25) is 0 Å². The van der Waals surface area contributed by atoms with Crippen LogP contribution in [0, 0.1) is 0 Å². The third-order valence-electron chi connectivity index (χ3n) is 6.86. The number of hydrogen-bond donors (Lipinski definition) is 2. The maximum atomic E-state index is 12.8. The molecule has 34 heavy (non-hydrogen) atoms. The van der Waals surface area contributed by atoms with Crippen LogP contribution in [0.15, 0.2) is 66.7 Å². The van der Waals surface area contributed by atoms with Gasteiger partial charge < -0.3 is 20.2 Å². The molecule has 1 saturated heterocycles. The summed E-state index contributed by atoms with van der Waals surface area (Å²) < 4.78 is 0. The van der Waals surface area contributed by atoms with Crippen molar-refractivity contribution in [1.29, 1.82) is 0 Å². The number of piperazine rings is 1. The van der Waals surface area contributed by atoms with E-state index >= 15 is 0 Å². The van der Waals surface area contributed by atoms with E-state index in [1.54, 1.807) is 12.1 Å². The molecule has 174 valence electrons. The van der Waals surface area contributed by atoms with Crippen LogP contribution in [0.3, 0.4) is 0 Å². The number of carbonyl (C=O) groups is 2. The Hall–Kier alpha value is -3.80. The van der Waals surface area contributed by atoms with Gasteiger partial charge in [-0.2, -0.15) is 0 Å². The van der Waals surface area contributed by atoms with Crippen LogP contribution in [0.1, 0.15) is 44.7 Å². The minimum atomic E-state index is -0.906. The van der Waals surface area contributed by atoms with Crippen molar-refractivity contribution in [1.82, 2.24) is 0 Å². The highest BCUT2D eigenvalue weighted by molar-refractivity contribution is 6.04. The van der Waals surface area contributed by atoms with E-state index in [1.165, 1.54) is 24.0 Å². The predicted molar refractivity (Wildman–Crippen MR) is 135 cm³/mol. The summed E-state index contributed by atoms with van der Waals surface area (Å²) in [5.41, 5.74) is 6.73. The quantitative estimate of drug-likeness (QED) is 0.576. The zero-order valence-corrected chi connectivity index (χ0v) is 19.2. The highest BCUT2D eigenvalue weighted by Gasteiger charge is 2.18. The van der Waals surface area contributed by atoms with E-state index in [0.29, 0.717) is 11.1 Å². The first-order valence-corrected chi connectivity index (χ1v) is 11.9. The molecule has 3 aromatic rings. The molecule has 1 fully saturated rings. The predicted octanol–water partition coefficient (Wildman–Crippen LogP) is 4.84. The molecule has 0 radical (unpaired) electrons. The standard InChI is InChI=1S/C28H29N3O3/c32-27(29-24-10-5-20-3-1-2-4-23(20)19-24)21-6-11-25(12-7-21)30-15-17-31(18-16-30)26-13-8-22(9-14-26)28(33)34/h5-14,19H,1-4,15-18H2,(H,29,32)(H,33,34). The Labute approximate surface area is 199 Å². The van der Waals surface area contributed by atoms with Crippen LogP contribution < -0.4 is 15.1 Å². The average molecular weight is 456 g/mol. The number of carboxylic acid groups (broad SMARTS) is 1. The zero-order chi connectivity index (χ0) is 23.5. The summed E-state index contributed by atoms with van der Waals surface area (Å²) in [6.07, 6.45) is 4.70. The lowest BCUT2D eigenvalue weighted by Gasteiger charge is -2.37. The molecule has 3 aromatic carbocycles. The number of carboxylic acids is 1. The molecule has 0 atom stereocenters. The second-order valence-electron chi connectivity index (χ2n) is 9.02. The molecule has 1 amide bonds. The molecule has 0 aromatic heterocycles. The van der Waals surface area contributed by atoms with Gasteiger partial charge in [0, 0.05) is 48.8 Å². The second kappa shape index (κ2) is 9.59. The number of aryl methyl sites for hydroxylation is 2. The Morgan fingerprint density at radius 1 is 0.676 bits per heavy atom. The summed E-state index contributed by atoms with van der Waals surface area (Å²) in [6.45, 7) is 3.43. The number of aromatic carboxylic acids is 1. The van der Waals surface area contributed by atoms with Crippen LogP contribution in [-0.4, -0.2) is 43.2 Å². The molecule has 1 aliphatic carbocycles. The van der Waals surface area contributed by atoms with E-state index in [2.05, 4.69) is 27.2 Å². The minimum absolute atomic E-state index is 0.0862. The van der Waals surface area contributed by atoms with Crippen LogP contribution in [0.4, 0.5) is 17.1 Å². The number of anilines is 3. The van der Waals surface area contributed by atoms with Gasteiger partial charge in [0.25, 0.3) is 5.91 Å². The van der Waals surface area contributed by atoms with E-state index in [4.69, 9.17) is 5.11 Å². The van der Waals surface area contributed by atoms with Gasteiger partial charge in [-0.3, -0.25) is 4.79 Å².